The molecule has 0 unspecified atom stereocenters. The number of nitrogens with zero attached hydrogens (tertiary/aromatic N) is 1. The van der Waals surface area contributed by atoms with Crippen LogP contribution in [0.3, 0.4) is 0 Å². The minimum absolute atomic E-state index is 0.395. The summed E-state index contributed by atoms with van der Waals surface area (Å²) >= 11 is -0.555. The van der Waals surface area contributed by atoms with Gasteiger partial charge in [0.1, 0.15) is 0 Å². The first-order chi connectivity index (χ1) is 9.79. The van der Waals surface area contributed by atoms with E-state index in [0.717, 1.165) is 65.2 Å². The van der Waals surface area contributed by atoms with Gasteiger partial charge in [0.15, 0.2) is 0 Å². The number of carbonyl (C=O) groups excluding carboxylic acids is 1. The van der Waals surface area contributed by atoms with E-state index in [2.05, 4.69) is 19.3 Å². The molecule has 0 spiro atoms. The average Bonchev–Trinajstić information content (AvgIpc) is 2.40. The molecule has 0 aromatic carbocycles. The Morgan fingerprint density at radius 1 is 0.800 bits per heavy atom. The van der Waals surface area contributed by atoms with Gasteiger partial charge in [-0.05, 0) is 0 Å². The quantitative estimate of drug-likeness (QED) is 0.634. The first-order valence-electron chi connectivity index (χ1n) is 7.93. The molecule has 116 valence electrons. The van der Waals surface area contributed by atoms with Gasteiger partial charge >= 0.3 is 133 Å². The summed E-state index contributed by atoms with van der Waals surface area (Å²) in [5, 5.41) is 10.5. The molecule has 3 N–H and O–H groups in total. The van der Waals surface area contributed by atoms with Crippen LogP contribution in [0.5, 0.6) is 0 Å². The normalized spacial score (nSPS) is 22.2. The Kier molecular flexibility index (Phi) is 11.8. The molecule has 0 radical (unpaired) electrons. The van der Waals surface area contributed by atoms with Crippen LogP contribution in [0, 0.1) is 0 Å². The van der Waals surface area contributed by atoms with E-state index >= 15 is 0 Å². The second-order valence-electron chi connectivity index (χ2n) is 5.32. The van der Waals surface area contributed by atoms with Gasteiger partial charge in [-0.15, -0.1) is 0 Å². The van der Waals surface area contributed by atoms with Gasteiger partial charge in [0.05, 0.1) is 0 Å². The van der Waals surface area contributed by atoms with Crippen molar-refractivity contribution in [2.75, 3.05) is 52.4 Å². The van der Waals surface area contributed by atoms with Crippen LogP contribution in [0.25, 0.3) is 0 Å². The molecule has 0 saturated carbocycles. The number of rotatable bonds is 2. The summed E-state index contributed by atoms with van der Waals surface area (Å²) in [6.07, 6.45) is 4.69. The van der Waals surface area contributed by atoms with Gasteiger partial charge in [0, 0.05) is 0 Å². The summed E-state index contributed by atoms with van der Waals surface area (Å²) in [5.41, 5.74) is 0. The zero-order valence-corrected chi connectivity index (χ0v) is 14.4. The van der Waals surface area contributed by atoms with E-state index in [-0.39, 0.29) is 0 Å². The van der Waals surface area contributed by atoms with Gasteiger partial charge in [-0.1, -0.05) is 0 Å². The van der Waals surface area contributed by atoms with Gasteiger partial charge in [0.2, 0.25) is 0 Å². The van der Waals surface area contributed by atoms with Crippen LogP contribution in [0.1, 0.15) is 32.6 Å². The van der Waals surface area contributed by atoms with Gasteiger partial charge < -0.3 is 0 Å². The van der Waals surface area contributed by atoms with E-state index in [1.807, 2.05) is 0 Å². The fourth-order valence-corrected chi connectivity index (χ4v) is 3.83. The minimum atomic E-state index is -0.555. The number of hydrogen-bond acceptors (Lipinski definition) is 5. The van der Waals surface area contributed by atoms with Crippen molar-refractivity contribution in [2.24, 2.45) is 0 Å². The van der Waals surface area contributed by atoms with Crippen LogP contribution in [0.2, 0.25) is 0 Å². The van der Waals surface area contributed by atoms with Crippen molar-refractivity contribution >= 4 is 4.09 Å². The standard InChI is InChI=1S/C12H27N4.C2H3O.Ti/c1-5-13-7-2-9-15-11-4-12-16-10-3-8-14-6-1;1-2-3;/h13-15H,1-12H2;1H3;/q-1;;+1. The Hall–Kier alpha value is 0.224. The molecular weight excluding hydrogens is 288 g/mol. The second kappa shape index (κ2) is 12.9. The van der Waals surface area contributed by atoms with Gasteiger partial charge in [-0.3, -0.25) is 0 Å². The summed E-state index contributed by atoms with van der Waals surface area (Å²) < 4.78 is 2.81. The zero-order valence-electron chi connectivity index (χ0n) is 12.8. The van der Waals surface area contributed by atoms with Gasteiger partial charge in [0.25, 0.3) is 0 Å². The van der Waals surface area contributed by atoms with E-state index in [0.29, 0.717) is 4.09 Å². The maximum absolute atomic E-state index is 11.3. The molecule has 1 saturated heterocycles. The summed E-state index contributed by atoms with van der Waals surface area (Å²) in [6.45, 7) is 10.4. The van der Waals surface area contributed by atoms with E-state index in [9.17, 15) is 4.79 Å². The van der Waals surface area contributed by atoms with Crippen molar-refractivity contribution in [3.63, 3.8) is 0 Å². The molecular formula is C14H30N4OTi. The predicted molar refractivity (Wildman–Crippen MR) is 79.3 cm³/mol. The van der Waals surface area contributed by atoms with E-state index < -0.39 is 19.4 Å². The number of carbonyl (C=O) groups is 1. The van der Waals surface area contributed by atoms with Crippen LogP contribution in [0.4, 0.5) is 0 Å². The number of nitrogens with one attached hydrogen (secondary N) is 3. The van der Waals surface area contributed by atoms with Crippen molar-refractivity contribution in [3.05, 3.63) is 0 Å². The van der Waals surface area contributed by atoms with Crippen molar-refractivity contribution in [2.45, 2.75) is 32.6 Å². The summed E-state index contributed by atoms with van der Waals surface area (Å²) in [7, 11) is 0. The molecule has 0 aromatic heterocycles. The third-order valence-corrected chi connectivity index (χ3v) is 4.98. The van der Waals surface area contributed by atoms with E-state index in [1.165, 1.54) is 12.8 Å². The Labute approximate surface area is 132 Å². The molecule has 1 aliphatic heterocycles. The molecule has 20 heavy (non-hydrogen) atoms. The van der Waals surface area contributed by atoms with Crippen LogP contribution in [0.15, 0.2) is 0 Å². The Bertz CT molecular complexity index is 237. The van der Waals surface area contributed by atoms with Crippen LogP contribution in [-0.4, -0.2) is 59.8 Å². The van der Waals surface area contributed by atoms with Crippen LogP contribution in [-0.2, 0) is 24.2 Å². The molecule has 1 aliphatic rings. The maximum atomic E-state index is 11.3. The second-order valence-corrected chi connectivity index (χ2v) is 7.76. The molecule has 0 amide bonds. The summed E-state index contributed by atoms with van der Waals surface area (Å²) in [4.78, 5) is 11.3. The molecule has 1 fully saturated rings. The third kappa shape index (κ3) is 10.9. The third-order valence-electron chi connectivity index (χ3n) is 3.29. The first-order valence-corrected chi connectivity index (χ1v) is 9.41. The summed E-state index contributed by atoms with van der Waals surface area (Å²) in [6, 6.07) is 0. The average molecular weight is 318 g/mol. The fraction of sp³-hybridized carbons (Fsp3) is 0.929. The SMILES string of the molecule is C[C](=O)[Ti][N]1CCCNCCCNCCCNCCC1. The molecule has 1 rings (SSSR count). The Morgan fingerprint density at radius 2 is 1.20 bits per heavy atom. The van der Waals surface area contributed by atoms with Crippen molar-refractivity contribution in [1.82, 2.24) is 19.3 Å². The van der Waals surface area contributed by atoms with E-state index in [4.69, 9.17) is 0 Å². The van der Waals surface area contributed by atoms with Crippen LogP contribution < -0.4 is 16.0 Å². The summed E-state index contributed by atoms with van der Waals surface area (Å²) in [5.74, 6) is 0. The van der Waals surface area contributed by atoms with Crippen LogP contribution >= 0.6 is 0 Å². The molecule has 0 atom stereocenters. The Balaban J connectivity index is 2.26. The number of hydrogen-bond donors (Lipinski definition) is 3. The van der Waals surface area contributed by atoms with Crippen molar-refractivity contribution < 1.29 is 24.2 Å². The Morgan fingerprint density at radius 3 is 1.60 bits per heavy atom. The molecule has 1 heterocycles. The fourth-order valence-electron chi connectivity index (χ4n) is 2.29. The topological polar surface area (TPSA) is 56.4 Å². The van der Waals surface area contributed by atoms with Crippen molar-refractivity contribution in [1.29, 1.82) is 0 Å². The monoisotopic (exact) mass is 318 g/mol. The van der Waals surface area contributed by atoms with Crippen molar-refractivity contribution in [3.8, 4) is 0 Å². The molecule has 0 aliphatic carbocycles. The van der Waals surface area contributed by atoms with Gasteiger partial charge in [-0.25, -0.2) is 0 Å². The molecule has 0 bridgehead atoms. The molecule has 5 nitrogen and oxygen atoms in total. The first kappa shape index (κ1) is 18.3. The van der Waals surface area contributed by atoms with E-state index in [1.54, 1.807) is 6.92 Å². The van der Waals surface area contributed by atoms with Gasteiger partial charge in [-0.2, -0.15) is 0 Å². The zero-order chi connectivity index (χ0) is 14.5. The predicted octanol–water partition coefficient (Wildman–Crippen LogP) is 0.175. The molecule has 0 aromatic rings. The molecule has 6 heteroatoms.